The molecule has 2 saturated heterocycles. The molecule has 12 heterocycles. The number of ether oxygens (including phenoxy) is 1. The van der Waals surface area contributed by atoms with Crippen molar-refractivity contribution in [3.63, 3.8) is 0 Å². The van der Waals surface area contributed by atoms with Crippen molar-refractivity contribution >= 4 is 63.3 Å². The Morgan fingerprint density at radius 1 is 0.414 bits per heavy atom. The number of aryl methyl sites for hydroxylation is 1. The van der Waals surface area contributed by atoms with Crippen LogP contribution in [0.4, 0.5) is 41.8 Å². The number of benzene rings is 5. The van der Waals surface area contributed by atoms with E-state index < -0.39 is 31.8 Å². The number of hydrogen-bond acceptors (Lipinski definition) is 37. The Hall–Kier alpha value is -14.6. The van der Waals surface area contributed by atoms with Gasteiger partial charge in [-0.25, -0.2) is 68.0 Å². The van der Waals surface area contributed by atoms with Gasteiger partial charge in [-0.3, -0.25) is 14.5 Å². The van der Waals surface area contributed by atoms with Gasteiger partial charge in [0.2, 0.25) is 35.6 Å². The number of nitrogens with one attached hydrogen (secondary N) is 3. The molecule has 145 heavy (non-hydrogen) atoms. The zero-order valence-electron chi connectivity index (χ0n) is 85.7. The molecule has 14 aromatic rings. The van der Waals surface area contributed by atoms with Crippen LogP contribution in [0.15, 0.2) is 216 Å². The highest BCUT2D eigenvalue weighted by Gasteiger charge is 2.44. The van der Waals surface area contributed by atoms with E-state index in [0.29, 0.717) is 72.6 Å². The number of nitrogen functional groups attached to an aromatic ring is 5. The standard InChI is InChI=1S/C23H31N7O.C23H30N6O2.C22H28N6O.C21H27N5O3S.C17H19N5O2/c1-15(2)23(3,18-7-5-16(6-8-18)17-13-25-21(24)26-14-17)20-28-22(31-29-20)27-19-9-11-30(4)12-10-19;1-14(2)23(3,17-6-4-15(5-7-17)16-12-25-21(24)26-13-16)20-28-22(31-29-20)27-18-8-10-19(30)11-9-18;1-15(2)22(3,20-24-14-19(27-20)28-8-10-29-11-9-28)18-6-4-16(5-7-18)17-12-25-21(23)26-13-17;1-14(2)21(3,19-25-18(29-26-19)6-5-11-30(4,27)28)17-9-7-15(8-10-17)16-12-23-20(22)24-13-16;1-10(2)17(3,14-21-16(23)24-22-14)13-6-4-11(5-7-13)12-8-19-15(18)20-9-12/h5-8,13-15,19H,9-12H2,1-4H3,(H2,24,25,26)(H,27,28,29);4-7,12-14,18-19,30H,8-11H2,1-3H3,(H2,24,25,26)(H,27,28,29);4-7,12-13,15H,8-11,14H2,1-3H3,(H2,23,25,26);7-10,12-14H,5-6,11H2,1-4H3,(H2,22,23,24);4-10H,1-3H3,(H2,18,19,20)(H,21,22,23). The number of nitrogens with two attached hydrogens (primary N) is 5. The summed E-state index contributed by atoms with van der Waals surface area (Å²) in [6.45, 7) is 38.3. The van der Waals surface area contributed by atoms with E-state index in [1.165, 1.54) is 11.8 Å². The number of nitrogens with zero attached hydrogens (tertiary/aromatic N) is 21. The number of aliphatic imine (C=N–C) groups is 2. The van der Waals surface area contributed by atoms with Gasteiger partial charge < -0.3 is 72.5 Å². The van der Waals surface area contributed by atoms with E-state index in [1.54, 1.807) is 62.0 Å². The van der Waals surface area contributed by atoms with Crippen molar-refractivity contribution in [2.45, 2.75) is 200 Å². The summed E-state index contributed by atoms with van der Waals surface area (Å²) in [5.74, 6) is 7.01. The highest BCUT2D eigenvalue weighted by Crippen LogP contribution is 2.45. The maximum absolute atomic E-state index is 11.3. The Kier molecular flexibility index (Phi) is 34.0. The number of anilines is 7. The van der Waals surface area contributed by atoms with Gasteiger partial charge in [0.05, 0.1) is 58.7 Å². The van der Waals surface area contributed by atoms with Crippen LogP contribution in [0, 0.1) is 29.6 Å². The van der Waals surface area contributed by atoms with Crippen LogP contribution in [0.1, 0.15) is 206 Å². The number of aromatic amines is 1. The molecular weight excluding hydrogens is 1860 g/mol. The third-order valence-corrected chi connectivity index (χ3v) is 30.3. The maximum atomic E-state index is 11.3. The molecule has 38 nitrogen and oxygen atoms in total. The number of sulfone groups is 1. The van der Waals surface area contributed by atoms with Crippen molar-refractivity contribution in [3.8, 4) is 55.6 Å². The number of piperidine rings is 1. The first-order chi connectivity index (χ1) is 69.2. The summed E-state index contributed by atoms with van der Waals surface area (Å²) in [7, 11) is -0.854. The van der Waals surface area contributed by atoms with Crippen LogP contribution in [0.2, 0.25) is 0 Å². The monoisotopic (exact) mass is 1990 g/mol. The molecule has 39 heteroatoms. The van der Waals surface area contributed by atoms with E-state index in [-0.39, 0.29) is 82.1 Å². The molecule has 0 radical (unpaired) electrons. The molecule has 764 valence electrons. The van der Waals surface area contributed by atoms with Crippen LogP contribution in [0.3, 0.4) is 0 Å². The van der Waals surface area contributed by atoms with Crippen LogP contribution in [0.5, 0.6) is 0 Å². The zero-order valence-corrected chi connectivity index (χ0v) is 86.5. The maximum Gasteiger partial charge on any atom is 0.438 e. The summed E-state index contributed by atoms with van der Waals surface area (Å²) in [6, 6.07) is 42.9. The fourth-order valence-corrected chi connectivity index (χ4v) is 18.6. The fraction of sp³-hybridized carbons (Fsp3) is 0.434. The third-order valence-electron chi connectivity index (χ3n) is 29.3. The van der Waals surface area contributed by atoms with E-state index in [0.717, 1.165) is 167 Å². The van der Waals surface area contributed by atoms with Crippen molar-refractivity contribution < 1.29 is 36.4 Å². The number of aromatic nitrogens is 18. The molecule has 0 bridgehead atoms. The number of morpholine rings is 1. The Balaban J connectivity index is 0.000000144. The number of H-pyrrole nitrogens is 1. The molecule has 9 aromatic heterocycles. The van der Waals surface area contributed by atoms with Crippen molar-refractivity contribution in [3.05, 3.63) is 251 Å². The van der Waals surface area contributed by atoms with Crippen LogP contribution in [-0.2, 0) is 48.1 Å². The number of amidine groups is 2. The van der Waals surface area contributed by atoms with Crippen LogP contribution >= 0.6 is 0 Å². The summed E-state index contributed by atoms with van der Waals surface area (Å²) in [4.78, 5) is 83.1. The van der Waals surface area contributed by atoms with Crippen molar-refractivity contribution in [2.24, 2.45) is 39.6 Å². The second-order valence-electron chi connectivity index (χ2n) is 40.0. The Morgan fingerprint density at radius 2 is 0.731 bits per heavy atom. The van der Waals surface area contributed by atoms with Gasteiger partial charge in [0.1, 0.15) is 21.5 Å². The van der Waals surface area contributed by atoms with E-state index in [9.17, 15) is 18.3 Å². The van der Waals surface area contributed by atoms with Gasteiger partial charge in [-0.2, -0.15) is 15.0 Å². The van der Waals surface area contributed by atoms with Gasteiger partial charge in [0.25, 0.3) is 0 Å². The fourth-order valence-electron chi connectivity index (χ4n) is 17.9. The normalized spacial score (nSPS) is 17.3. The molecule has 0 spiro atoms. The SMILES string of the molecule is CC(C)C(C)(C1=NCC(N2CCOCC2)=N1)c1ccc(-c2cnc(N)nc2)cc1.CC(C)C(C)(c1ccc(-c2cnc(N)nc2)cc1)c1noc(=O)[nH]1.CC(C)C(C)(c1ccc(-c2cnc(N)nc2)cc1)c1noc(CCCS(C)(=O)=O)n1.CC(C)C(C)(c1ccc(-c2cnc(N)nc2)cc1)c1noc(NC2CCC(O)CC2)n1.CC(C)C(C)(c1ccc(-c2cnc(N)nc2)cc1)c1noc(NC2CCN(C)CC2)n1. The molecule has 5 unspecified atom stereocenters. The smallest absolute Gasteiger partial charge is 0.393 e. The molecule has 5 atom stereocenters. The molecule has 1 aliphatic carbocycles. The summed E-state index contributed by atoms with van der Waals surface area (Å²) in [5.41, 5.74) is 41.0. The molecule has 14 N–H and O–H groups in total. The van der Waals surface area contributed by atoms with Crippen molar-refractivity contribution in [1.82, 2.24) is 100 Å². The Morgan fingerprint density at radius 3 is 1.06 bits per heavy atom. The Labute approximate surface area is 845 Å². The predicted molar refractivity (Wildman–Crippen MR) is 563 cm³/mol. The molecular formula is C106H135N29O9S. The first-order valence-electron chi connectivity index (χ1n) is 49.2. The van der Waals surface area contributed by atoms with Gasteiger partial charge in [-0.15, -0.1) is 0 Å². The summed E-state index contributed by atoms with van der Waals surface area (Å²) < 4.78 is 49.4. The largest absolute Gasteiger partial charge is 0.438 e. The average Bonchev–Trinajstić information content (AvgIpc) is 1.58. The topological polar surface area (TPSA) is 554 Å². The van der Waals surface area contributed by atoms with E-state index in [2.05, 4.69) is 278 Å². The van der Waals surface area contributed by atoms with Crippen molar-refractivity contribution in [1.29, 1.82) is 0 Å². The first-order valence-corrected chi connectivity index (χ1v) is 51.3. The number of hydrogen-bond donors (Lipinski definition) is 9. The molecule has 5 aromatic carbocycles. The lowest BCUT2D eigenvalue weighted by Gasteiger charge is -2.33. The van der Waals surface area contributed by atoms with Crippen LogP contribution in [0.25, 0.3) is 55.6 Å². The summed E-state index contributed by atoms with van der Waals surface area (Å²) in [6.07, 6.45) is 24.7. The Bertz CT molecular complexity index is 6600. The van der Waals surface area contributed by atoms with E-state index in [1.807, 2.05) is 55.5 Å². The molecule has 3 aliphatic heterocycles. The highest BCUT2D eigenvalue weighted by molar-refractivity contribution is 7.90. The minimum absolute atomic E-state index is 0.0997. The minimum Gasteiger partial charge on any atom is -0.393 e. The van der Waals surface area contributed by atoms with Gasteiger partial charge >= 0.3 is 17.8 Å². The third kappa shape index (κ3) is 25.4. The lowest BCUT2D eigenvalue weighted by Crippen LogP contribution is -2.41. The lowest BCUT2D eigenvalue weighted by atomic mass is 9.72. The zero-order chi connectivity index (χ0) is 104. The predicted octanol–water partition coefficient (Wildman–Crippen LogP) is 15.6. The van der Waals surface area contributed by atoms with Crippen LogP contribution in [-0.4, -0.2) is 209 Å². The van der Waals surface area contributed by atoms with Gasteiger partial charge in [0, 0.05) is 128 Å². The van der Waals surface area contributed by atoms with E-state index >= 15 is 0 Å². The number of aliphatic hydroxyl groups is 1. The summed E-state index contributed by atoms with van der Waals surface area (Å²) >= 11 is 0. The van der Waals surface area contributed by atoms with Gasteiger partial charge in [0.15, 0.2) is 23.3 Å². The molecule has 3 fully saturated rings. The summed E-state index contributed by atoms with van der Waals surface area (Å²) in [5, 5.41) is 33.3. The van der Waals surface area contributed by atoms with Gasteiger partial charge in [-0.1, -0.05) is 211 Å². The lowest BCUT2D eigenvalue weighted by molar-refractivity contribution is 0.0678. The van der Waals surface area contributed by atoms with Gasteiger partial charge in [-0.05, 0) is 185 Å². The minimum atomic E-state index is -3.01. The molecule has 1 saturated carbocycles. The number of aliphatic hydroxyl groups excluding tert-OH is 1. The average molecular weight is 1990 g/mol. The molecule has 4 aliphatic rings. The second-order valence-corrected chi connectivity index (χ2v) is 42.3. The van der Waals surface area contributed by atoms with Crippen molar-refractivity contribution in [2.75, 3.05) is 104 Å². The number of rotatable bonds is 28. The molecule has 18 rings (SSSR count). The highest BCUT2D eigenvalue weighted by atomic mass is 32.2. The quantitative estimate of drug-likeness (QED) is 0.0220. The van der Waals surface area contributed by atoms with Crippen LogP contribution < -0.4 is 45.1 Å². The second kappa shape index (κ2) is 46.4. The molecule has 0 amide bonds. The number of likely N-dealkylation sites (tertiary alicyclic amines) is 1. The first kappa shape index (κ1) is 106. The van der Waals surface area contributed by atoms with E-state index in [4.69, 9.17) is 71.5 Å².